The van der Waals surface area contributed by atoms with Crippen LogP contribution < -0.4 is 9.47 Å². The quantitative estimate of drug-likeness (QED) is 0.808. The Hall–Kier alpha value is -2.15. The van der Waals surface area contributed by atoms with Gasteiger partial charge in [0.1, 0.15) is 23.6 Å². The lowest BCUT2D eigenvalue weighted by atomic mass is 9.95. The van der Waals surface area contributed by atoms with Crippen LogP contribution in [0.5, 0.6) is 11.5 Å². The molecule has 1 fully saturated rings. The van der Waals surface area contributed by atoms with Gasteiger partial charge in [-0.05, 0) is 44.0 Å². The second-order valence-corrected chi connectivity index (χ2v) is 5.72. The molecule has 1 aliphatic rings. The van der Waals surface area contributed by atoms with Gasteiger partial charge in [-0.1, -0.05) is 5.18 Å². The molecule has 1 aromatic carbocycles. The third kappa shape index (κ3) is 3.61. The lowest BCUT2D eigenvalue weighted by Crippen LogP contribution is -2.51. The summed E-state index contributed by atoms with van der Waals surface area (Å²) in [6.45, 7) is 2.85. The first kappa shape index (κ1) is 17.2. The van der Waals surface area contributed by atoms with E-state index >= 15 is 0 Å². The SMILES string of the molecule is COc1cc(C)cc(OC)c1CN1CCCC(N=O)C1C(=O)O. The number of carbonyl (C=O) groups is 1. The largest absolute Gasteiger partial charge is 0.496 e. The normalized spacial score (nSPS) is 21.7. The van der Waals surface area contributed by atoms with Gasteiger partial charge in [-0.25, -0.2) is 0 Å². The fourth-order valence-electron chi connectivity index (χ4n) is 3.13. The standard InChI is InChI=1S/C16H22N2O5/c1-10-7-13(22-2)11(14(8-10)23-3)9-18-6-4-5-12(17-21)15(18)16(19)20/h7-8,12,15H,4-6,9H2,1-3H3,(H,19,20). The number of aryl methyl sites for hydroxylation is 1. The van der Waals surface area contributed by atoms with Crippen LogP contribution in [0.3, 0.4) is 0 Å². The Morgan fingerprint density at radius 3 is 2.43 bits per heavy atom. The van der Waals surface area contributed by atoms with Gasteiger partial charge >= 0.3 is 5.97 Å². The van der Waals surface area contributed by atoms with E-state index in [2.05, 4.69) is 5.18 Å². The van der Waals surface area contributed by atoms with Crippen LogP contribution >= 0.6 is 0 Å². The fraction of sp³-hybridized carbons (Fsp3) is 0.562. The Kier molecular flexibility index (Phi) is 5.54. The molecule has 0 spiro atoms. The zero-order valence-corrected chi connectivity index (χ0v) is 13.6. The number of nitrogens with zero attached hydrogens (tertiary/aromatic N) is 2. The molecular weight excluding hydrogens is 300 g/mol. The van der Waals surface area contributed by atoms with Crippen molar-refractivity contribution in [2.45, 2.75) is 38.4 Å². The van der Waals surface area contributed by atoms with E-state index in [1.807, 2.05) is 19.1 Å². The summed E-state index contributed by atoms with van der Waals surface area (Å²) in [5, 5.41) is 12.5. The number of carboxylic acid groups (broad SMARTS) is 1. The molecule has 7 nitrogen and oxygen atoms in total. The first-order chi connectivity index (χ1) is 11.0. The van der Waals surface area contributed by atoms with E-state index in [1.54, 1.807) is 19.1 Å². The van der Waals surface area contributed by atoms with Crippen molar-refractivity contribution in [2.75, 3.05) is 20.8 Å². The number of rotatable bonds is 6. The summed E-state index contributed by atoms with van der Waals surface area (Å²) in [5.41, 5.74) is 1.77. The van der Waals surface area contributed by atoms with Crippen molar-refractivity contribution in [2.24, 2.45) is 5.18 Å². The van der Waals surface area contributed by atoms with Crippen LogP contribution in [0.2, 0.25) is 0 Å². The van der Waals surface area contributed by atoms with Crippen LogP contribution in [0.1, 0.15) is 24.0 Å². The maximum Gasteiger partial charge on any atom is 0.323 e. The molecule has 0 amide bonds. The van der Waals surface area contributed by atoms with Gasteiger partial charge in [0.05, 0.1) is 19.8 Å². The third-order valence-corrected chi connectivity index (χ3v) is 4.20. The average Bonchev–Trinajstić information content (AvgIpc) is 2.55. The van der Waals surface area contributed by atoms with Crippen LogP contribution in [0.4, 0.5) is 0 Å². The molecule has 23 heavy (non-hydrogen) atoms. The van der Waals surface area contributed by atoms with E-state index in [0.717, 1.165) is 17.5 Å². The monoisotopic (exact) mass is 322 g/mol. The highest BCUT2D eigenvalue weighted by Crippen LogP contribution is 2.33. The molecule has 1 aliphatic heterocycles. The molecule has 0 radical (unpaired) electrons. The molecule has 2 rings (SSSR count). The van der Waals surface area contributed by atoms with Gasteiger partial charge < -0.3 is 14.6 Å². The molecule has 1 saturated heterocycles. The predicted molar refractivity (Wildman–Crippen MR) is 84.9 cm³/mol. The highest BCUT2D eigenvalue weighted by Gasteiger charge is 2.38. The van der Waals surface area contributed by atoms with Crippen LogP contribution in [-0.4, -0.2) is 48.8 Å². The minimum atomic E-state index is -1.03. The van der Waals surface area contributed by atoms with Crippen molar-refractivity contribution in [1.82, 2.24) is 4.90 Å². The van der Waals surface area contributed by atoms with E-state index in [1.165, 1.54) is 0 Å². The summed E-state index contributed by atoms with van der Waals surface area (Å²) >= 11 is 0. The van der Waals surface area contributed by atoms with Crippen molar-refractivity contribution in [3.05, 3.63) is 28.2 Å². The van der Waals surface area contributed by atoms with Gasteiger partial charge in [0, 0.05) is 6.54 Å². The smallest absolute Gasteiger partial charge is 0.323 e. The molecule has 0 aliphatic carbocycles. The lowest BCUT2D eigenvalue weighted by molar-refractivity contribution is -0.145. The maximum absolute atomic E-state index is 11.6. The minimum Gasteiger partial charge on any atom is -0.496 e. The molecule has 0 aromatic heterocycles. The molecule has 1 N–H and O–H groups in total. The second-order valence-electron chi connectivity index (χ2n) is 5.72. The lowest BCUT2D eigenvalue weighted by Gasteiger charge is -2.36. The van der Waals surface area contributed by atoms with Gasteiger partial charge in [0.25, 0.3) is 0 Å². The highest BCUT2D eigenvalue weighted by atomic mass is 16.5. The zero-order chi connectivity index (χ0) is 17.0. The number of likely N-dealkylation sites (tertiary alicyclic amines) is 1. The van der Waals surface area contributed by atoms with Crippen molar-refractivity contribution in [1.29, 1.82) is 0 Å². The summed E-state index contributed by atoms with van der Waals surface area (Å²) in [6, 6.07) is 2.11. The number of piperidine rings is 1. The highest BCUT2D eigenvalue weighted by molar-refractivity contribution is 5.74. The first-order valence-corrected chi connectivity index (χ1v) is 7.52. The van der Waals surface area contributed by atoms with Crippen molar-refractivity contribution in [3.63, 3.8) is 0 Å². The number of aliphatic carboxylic acids is 1. The fourth-order valence-corrected chi connectivity index (χ4v) is 3.13. The number of hydrogen-bond acceptors (Lipinski definition) is 6. The van der Waals surface area contributed by atoms with Crippen LogP contribution in [0, 0.1) is 11.8 Å². The Morgan fingerprint density at radius 1 is 1.35 bits per heavy atom. The maximum atomic E-state index is 11.6. The Labute approximate surface area is 135 Å². The molecule has 0 saturated carbocycles. The van der Waals surface area contributed by atoms with E-state index in [-0.39, 0.29) is 0 Å². The van der Waals surface area contributed by atoms with Gasteiger partial charge in [0.15, 0.2) is 0 Å². The van der Waals surface area contributed by atoms with E-state index < -0.39 is 18.1 Å². The number of nitroso groups, excluding NO2 is 1. The summed E-state index contributed by atoms with van der Waals surface area (Å²) < 4.78 is 10.8. The summed E-state index contributed by atoms with van der Waals surface area (Å²) in [5.74, 6) is 0.263. The Bertz CT molecular complexity index is 565. The predicted octanol–water partition coefficient (Wildman–Crippen LogP) is 2.20. The van der Waals surface area contributed by atoms with Crippen LogP contribution in [-0.2, 0) is 11.3 Å². The van der Waals surface area contributed by atoms with Crippen molar-refractivity contribution < 1.29 is 19.4 Å². The Balaban J connectivity index is 2.36. The number of benzene rings is 1. The molecule has 2 unspecified atom stereocenters. The number of methoxy groups -OCH3 is 2. The van der Waals surface area contributed by atoms with Gasteiger partial charge in [-0.15, -0.1) is 0 Å². The summed E-state index contributed by atoms with van der Waals surface area (Å²) in [6.07, 6.45) is 1.23. The number of carboxylic acids is 1. The minimum absolute atomic E-state index is 0.329. The number of ether oxygens (including phenoxy) is 2. The summed E-state index contributed by atoms with van der Waals surface area (Å²) in [7, 11) is 3.14. The Morgan fingerprint density at radius 2 is 1.96 bits per heavy atom. The van der Waals surface area contributed by atoms with Crippen LogP contribution in [0.15, 0.2) is 17.3 Å². The van der Waals surface area contributed by atoms with E-state index in [9.17, 15) is 14.8 Å². The molecule has 126 valence electrons. The molecule has 2 atom stereocenters. The molecule has 7 heteroatoms. The second kappa shape index (κ2) is 7.41. The van der Waals surface area contributed by atoms with Crippen molar-refractivity contribution in [3.8, 4) is 11.5 Å². The average molecular weight is 322 g/mol. The van der Waals surface area contributed by atoms with E-state index in [4.69, 9.17) is 9.47 Å². The third-order valence-electron chi connectivity index (χ3n) is 4.20. The zero-order valence-electron chi connectivity index (χ0n) is 13.6. The van der Waals surface area contributed by atoms with Crippen molar-refractivity contribution >= 4 is 5.97 Å². The molecule has 1 aromatic rings. The molecule has 0 bridgehead atoms. The molecular formula is C16H22N2O5. The summed E-state index contributed by atoms with van der Waals surface area (Å²) in [4.78, 5) is 24.3. The topological polar surface area (TPSA) is 88.4 Å². The van der Waals surface area contributed by atoms with Gasteiger partial charge in [-0.3, -0.25) is 9.69 Å². The van der Waals surface area contributed by atoms with E-state index in [0.29, 0.717) is 31.0 Å². The van der Waals surface area contributed by atoms with Crippen LogP contribution in [0.25, 0.3) is 0 Å². The van der Waals surface area contributed by atoms with Gasteiger partial charge in [-0.2, -0.15) is 4.91 Å². The first-order valence-electron chi connectivity index (χ1n) is 7.52. The molecule has 1 heterocycles. The van der Waals surface area contributed by atoms with Gasteiger partial charge in [0.2, 0.25) is 0 Å². The number of hydrogen-bond donors (Lipinski definition) is 1.